The molecule has 1 heterocycles. The Bertz CT molecular complexity index is 496. The molecule has 1 atom stereocenters. The topological polar surface area (TPSA) is 24.1 Å². The fraction of sp³-hybridized carbons (Fsp3) is 0.333. The first-order valence-corrected chi connectivity index (χ1v) is 6.38. The average Bonchev–Trinajstić information content (AvgIpc) is 2.89. The van der Waals surface area contributed by atoms with E-state index in [-0.39, 0.29) is 0 Å². The SMILES string of the molecule is c1ccc2c(NC[C@@H]3CCCN3)cccc2c1. The van der Waals surface area contributed by atoms with E-state index < -0.39 is 0 Å². The molecule has 88 valence electrons. The highest BCUT2D eigenvalue weighted by Crippen LogP contribution is 2.23. The monoisotopic (exact) mass is 226 g/mol. The van der Waals surface area contributed by atoms with E-state index in [9.17, 15) is 0 Å². The van der Waals surface area contributed by atoms with Crippen molar-refractivity contribution < 1.29 is 0 Å². The number of hydrogen-bond donors (Lipinski definition) is 2. The molecule has 1 aliphatic rings. The zero-order valence-corrected chi connectivity index (χ0v) is 9.95. The lowest BCUT2D eigenvalue weighted by atomic mass is 10.1. The molecule has 2 nitrogen and oxygen atoms in total. The molecule has 0 bridgehead atoms. The predicted molar refractivity (Wildman–Crippen MR) is 73.5 cm³/mol. The van der Waals surface area contributed by atoms with Crippen LogP contribution >= 0.6 is 0 Å². The van der Waals surface area contributed by atoms with E-state index in [1.165, 1.54) is 35.8 Å². The van der Waals surface area contributed by atoms with Crippen molar-refractivity contribution >= 4 is 16.5 Å². The third-order valence-corrected chi connectivity index (χ3v) is 3.49. The predicted octanol–water partition coefficient (Wildman–Crippen LogP) is 3.00. The molecule has 0 unspecified atom stereocenters. The van der Waals surface area contributed by atoms with Crippen LogP contribution in [-0.2, 0) is 0 Å². The third-order valence-electron chi connectivity index (χ3n) is 3.49. The Labute approximate surface area is 102 Å². The van der Waals surface area contributed by atoms with Gasteiger partial charge in [-0.3, -0.25) is 0 Å². The molecule has 0 amide bonds. The van der Waals surface area contributed by atoms with Gasteiger partial charge in [-0.15, -0.1) is 0 Å². The molecule has 0 radical (unpaired) electrons. The maximum Gasteiger partial charge on any atom is 0.0420 e. The zero-order chi connectivity index (χ0) is 11.5. The van der Waals surface area contributed by atoms with Crippen LogP contribution in [0.25, 0.3) is 10.8 Å². The van der Waals surface area contributed by atoms with Crippen LogP contribution in [0, 0.1) is 0 Å². The molecule has 0 saturated carbocycles. The van der Waals surface area contributed by atoms with Gasteiger partial charge >= 0.3 is 0 Å². The van der Waals surface area contributed by atoms with Gasteiger partial charge in [0.25, 0.3) is 0 Å². The van der Waals surface area contributed by atoms with Crippen molar-refractivity contribution in [2.75, 3.05) is 18.4 Å². The lowest BCUT2D eigenvalue weighted by Crippen LogP contribution is -2.29. The molecule has 2 aromatic rings. The molecule has 0 spiro atoms. The molecule has 0 aliphatic carbocycles. The summed E-state index contributed by atoms with van der Waals surface area (Å²) >= 11 is 0. The molecule has 17 heavy (non-hydrogen) atoms. The molecule has 1 fully saturated rings. The van der Waals surface area contributed by atoms with Gasteiger partial charge in [-0.2, -0.15) is 0 Å². The van der Waals surface area contributed by atoms with Crippen LogP contribution in [0.1, 0.15) is 12.8 Å². The summed E-state index contributed by atoms with van der Waals surface area (Å²) in [5.74, 6) is 0. The number of hydrogen-bond acceptors (Lipinski definition) is 2. The maximum atomic E-state index is 3.57. The van der Waals surface area contributed by atoms with Crippen LogP contribution in [0.3, 0.4) is 0 Å². The zero-order valence-electron chi connectivity index (χ0n) is 9.95. The first-order chi connectivity index (χ1) is 8.43. The minimum absolute atomic E-state index is 0.633. The second-order valence-electron chi connectivity index (χ2n) is 4.70. The van der Waals surface area contributed by atoms with Gasteiger partial charge in [0.15, 0.2) is 0 Å². The van der Waals surface area contributed by atoms with Gasteiger partial charge in [-0.25, -0.2) is 0 Å². The highest BCUT2D eigenvalue weighted by atomic mass is 15.0. The molecule has 0 aromatic heterocycles. The van der Waals surface area contributed by atoms with Gasteiger partial charge in [0, 0.05) is 23.7 Å². The summed E-state index contributed by atoms with van der Waals surface area (Å²) in [5.41, 5.74) is 1.25. The van der Waals surface area contributed by atoms with E-state index >= 15 is 0 Å². The van der Waals surface area contributed by atoms with Gasteiger partial charge < -0.3 is 10.6 Å². The molecular formula is C15H18N2. The largest absolute Gasteiger partial charge is 0.383 e. The highest BCUT2D eigenvalue weighted by Gasteiger charge is 2.13. The number of rotatable bonds is 3. The van der Waals surface area contributed by atoms with E-state index in [0.717, 1.165) is 6.54 Å². The van der Waals surface area contributed by atoms with E-state index in [1.54, 1.807) is 0 Å². The fourth-order valence-electron chi connectivity index (χ4n) is 2.54. The Kier molecular flexibility index (Phi) is 2.97. The Morgan fingerprint density at radius 3 is 2.88 bits per heavy atom. The Hall–Kier alpha value is -1.54. The van der Waals surface area contributed by atoms with Crippen molar-refractivity contribution in [3.63, 3.8) is 0 Å². The smallest absolute Gasteiger partial charge is 0.0420 e. The summed E-state index contributed by atoms with van der Waals surface area (Å²) in [7, 11) is 0. The molecule has 2 heteroatoms. The van der Waals surface area contributed by atoms with Crippen molar-refractivity contribution in [1.29, 1.82) is 0 Å². The van der Waals surface area contributed by atoms with Crippen molar-refractivity contribution in [3.05, 3.63) is 42.5 Å². The molecular weight excluding hydrogens is 208 g/mol. The fourth-order valence-corrected chi connectivity index (χ4v) is 2.54. The minimum Gasteiger partial charge on any atom is -0.383 e. The van der Waals surface area contributed by atoms with Gasteiger partial charge in [-0.05, 0) is 30.8 Å². The maximum absolute atomic E-state index is 3.57. The van der Waals surface area contributed by atoms with Gasteiger partial charge in [0.1, 0.15) is 0 Å². The lowest BCUT2D eigenvalue weighted by molar-refractivity contribution is 0.634. The van der Waals surface area contributed by atoms with E-state index in [0.29, 0.717) is 6.04 Å². The van der Waals surface area contributed by atoms with E-state index in [2.05, 4.69) is 53.1 Å². The van der Waals surface area contributed by atoms with Gasteiger partial charge in [-0.1, -0.05) is 36.4 Å². The van der Waals surface area contributed by atoms with Crippen LogP contribution in [0.5, 0.6) is 0 Å². The number of nitrogens with one attached hydrogen (secondary N) is 2. The summed E-state index contributed by atoms with van der Waals surface area (Å²) in [4.78, 5) is 0. The van der Waals surface area contributed by atoms with Crippen LogP contribution in [0.4, 0.5) is 5.69 Å². The van der Waals surface area contributed by atoms with Crippen molar-refractivity contribution in [1.82, 2.24) is 5.32 Å². The van der Waals surface area contributed by atoms with Crippen molar-refractivity contribution in [3.8, 4) is 0 Å². The number of anilines is 1. The number of fused-ring (bicyclic) bond motifs is 1. The van der Waals surface area contributed by atoms with E-state index in [4.69, 9.17) is 0 Å². The second kappa shape index (κ2) is 4.76. The van der Waals surface area contributed by atoms with Crippen LogP contribution in [-0.4, -0.2) is 19.1 Å². The highest BCUT2D eigenvalue weighted by molar-refractivity contribution is 5.93. The summed E-state index contributed by atoms with van der Waals surface area (Å²) in [5, 5.41) is 9.70. The Balaban J connectivity index is 1.79. The second-order valence-corrected chi connectivity index (χ2v) is 4.70. The first-order valence-electron chi connectivity index (χ1n) is 6.38. The minimum atomic E-state index is 0.633. The molecule has 2 aromatic carbocycles. The summed E-state index contributed by atoms with van der Waals surface area (Å²) in [6, 6.07) is 15.6. The molecule has 3 rings (SSSR count). The van der Waals surface area contributed by atoms with Crippen molar-refractivity contribution in [2.45, 2.75) is 18.9 Å². The molecule has 2 N–H and O–H groups in total. The molecule has 1 saturated heterocycles. The van der Waals surface area contributed by atoms with Crippen LogP contribution in [0.15, 0.2) is 42.5 Å². The van der Waals surface area contributed by atoms with E-state index in [1.807, 2.05) is 0 Å². The summed E-state index contributed by atoms with van der Waals surface area (Å²) in [6.45, 7) is 2.19. The lowest BCUT2D eigenvalue weighted by Gasteiger charge is -2.14. The Morgan fingerprint density at radius 1 is 1.12 bits per heavy atom. The number of benzene rings is 2. The van der Waals surface area contributed by atoms with Crippen LogP contribution in [0.2, 0.25) is 0 Å². The summed E-state index contributed by atoms with van der Waals surface area (Å²) in [6.07, 6.45) is 2.60. The van der Waals surface area contributed by atoms with Crippen molar-refractivity contribution in [2.24, 2.45) is 0 Å². The standard InChI is InChI=1S/C15H18N2/c1-2-8-14-12(5-1)6-3-9-15(14)17-11-13-7-4-10-16-13/h1-3,5-6,8-9,13,16-17H,4,7,10-11H2/t13-/m0/s1. The quantitative estimate of drug-likeness (QED) is 0.840. The summed E-state index contributed by atoms with van der Waals surface area (Å²) < 4.78 is 0. The van der Waals surface area contributed by atoms with Crippen LogP contribution < -0.4 is 10.6 Å². The van der Waals surface area contributed by atoms with Gasteiger partial charge in [0.2, 0.25) is 0 Å². The van der Waals surface area contributed by atoms with Gasteiger partial charge in [0.05, 0.1) is 0 Å². The normalized spacial score (nSPS) is 19.6. The molecule has 1 aliphatic heterocycles. The third kappa shape index (κ3) is 2.27. The average molecular weight is 226 g/mol. The Morgan fingerprint density at radius 2 is 2.00 bits per heavy atom. The first kappa shape index (κ1) is 10.6.